The average molecular weight is 209 g/mol. The van der Waals surface area contributed by atoms with E-state index >= 15 is 0 Å². The average Bonchev–Trinajstić information content (AvgIpc) is 2.81. The van der Waals surface area contributed by atoms with Gasteiger partial charge in [0.15, 0.2) is 0 Å². The predicted molar refractivity (Wildman–Crippen MR) is 58.4 cm³/mol. The number of amides is 1. The van der Waals surface area contributed by atoms with E-state index in [1.165, 1.54) is 6.42 Å². The summed E-state index contributed by atoms with van der Waals surface area (Å²) in [6, 6.07) is 0. The van der Waals surface area contributed by atoms with Crippen molar-refractivity contribution < 1.29 is 9.53 Å². The quantitative estimate of drug-likeness (QED) is 0.715. The van der Waals surface area contributed by atoms with E-state index in [4.69, 9.17) is 4.74 Å². The summed E-state index contributed by atoms with van der Waals surface area (Å²) in [6.07, 6.45) is 8.32. The van der Waals surface area contributed by atoms with Crippen LogP contribution >= 0.6 is 0 Å². The molecular formula is C12H19NO2. The number of allylic oxidation sites excluding steroid dienone is 2. The van der Waals surface area contributed by atoms with Crippen molar-refractivity contribution in [3.63, 3.8) is 0 Å². The van der Waals surface area contributed by atoms with Crippen molar-refractivity contribution in [2.24, 2.45) is 11.8 Å². The van der Waals surface area contributed by atoms with Crippen LogP contribution < -0.4 is 5.32 Å². The number of nitrogens with one attached hydrogen (secondary N) is 1. The fourth-order valence-electron chi connectivity index (χ4n) is 2.19. The van der Waals surface area contributed by atoms with Gasteiger partial charge in [-0.2, -0.15) is 0 Å². The minimum absolute atomic E-state index is 0.189. The summed E-state index contributed by atoms with van der Waals surface area (Å²) in [5.41, 5.74) is 0. The molecule has 3 heteroatoms. The highest BCUT2D eigenvalue weighted by molar-refractivity contribution is 5.79. The van der Waals surface area contributed by atoms with Crippen molar-refractivity contribution in [2.75, 3.05) is 19.8 Å². The number of carbonyl (C=O) groups excluding carboxylic acids is 1. The molecule has 0 aromatic rings. The summed E-state index contributed by atoms with van der Waals surface area (Å²) in [5.74, 6) is 0.928. The van der Waals surface area contributed by atoms with Crippen molar-refractivity contribution in [1.82, 2.24) is 5.32 Å². The summed E-state index contributed by atoms with van der Waals surface area (Å²) in [5, 5.41) is 3.04. The fraction of sp³-hybridized carbons (Fsp3) is 0.750. The highest BCUT2D eigenvalue weighted by Gasteiger charge is 2.20. The minimum atomic E-state index is 0.189. The summed E-state index contributed by atoms with van der Waals surface area (Å²) in [4.78, 5) is 11.7. The first-order chi connectivity index (χ1) is 7.36. The molecule has 2 aliphatic rings. The molecule has 84 valence electrons. The number of hydrogen-bond acceptors (Lipinski definition) is 2. The molecule has 1 aliphatic carbocycles. The monoisotopic (exact) mass is 209 g/mol. The lowest BCUT2D eigenvalue weighted by atomic mass is 10.0. The third-order valence-corrected chi connectivity index (χ3v) is 3.20. The molecule has 0 aromatic heterocycles. The minimum Gasteiger partial charge on any atom is -0.381 e. The van der Waals surface area contributed by atoms with E-state index in [0.717, 1.165) is 39.0 Å². The van der Waals surface area contributed by atoms with Crippen LogP contribution in [0, 0.1) is 11.8 Å². The van der Waals surface area contributed by atoms with Gasteiger partial charge in [0.1, 0.15) is 0 Å². The van der Waals surface area contributed by atoms with Crippen molar-refractivity contribution >= 4 is 5.91 Å². The van der Waals surface area contributed by atoms with E-state index in [1.54, 1.807) is 0 Å². The SMILES string of the molecule is O=C(NCC1CCCOC1)C1CC=CC1. The van der Waals surface area contributed by atoms with Crippen LogP contribution in [0.5, 0.6) is 0 Å². The van der Waals surface area contributed by atoms with Gasteiger partial charge in [-0.05, 0) is 31.6 Å². The summed E-state index contributed by atoms with van der Waals surface area (Å²) >= 11 is 0. The van der Waals surface area contributed by atoms with Crippen molar-refractivity contribution in [2.45, 2.75) is 25.7 Å². The van der Waals surface area contributed by atoms with Crippen LogP contribution in [0.25, 0.3) is 0 Å². The molecule has 0 aromatic carbocycles. The topological polar surface area (TPSA) is 38.3 Å². The molecule has 1 atom stereocenters. The number of carbonyl (C=O) groups is 1. The number of hydrogen-bond donors (Lipinski definition) is 1. The first kappa shape index (κ1) is 10.7. The van der Waals surface area contributed by atoms with Crippen LogP contribution in [0.15, 0.2) is 12.2 Å². The Morgan fingerprint density at radius 1 is 1.40 bits per heavy atom. The predicted octanol–water partition coefficient (Wildman–Crippen LogP) is 1.50. The fourth-order valence-corrected chi connectivity index (χ4v) is 2.19. The Morgan fingerprint density at radius 3 is 2.87 bits per heavy atom. The largest absolute Gasteiger partial charge is 0.381 e. The molecule has 0 saturated carbocycles. The van der Waals surface area contributed by atoms with E-state index in [9.17, 15) is 4.79 Å². The van der Waals surface area contributed by atoms with Gasteiger partial charge in [-0.3, -0.25) is 4.79 Å². The number of ether oxygens (including phenoxy) is 1. The Kier molecular flexibility index (Phi) is 3.78. The summed E-state index contributed by atoms with van der Waals surface area (Å²) < 4.78 is 5.38. The van der Waals surface area contributed by atoms with Crippen LogP contribution in [0.3, 0.4) is 0 Å². The molecule has 1 amide bonds. The molecule has 1 saturated heterocycles. The maximum atomic E-state index is 11.7. The maximum Gasteiger partial charge on any atom is 0.223 e. The van der Waals surface area contributed by atoms with E-state index in [-0.39, 0.29) is 11.8 Å². The van der Waals surface area contributed by atoms with Gasteiger partial charge in [0.25, 0.3) is 0 Å². The van der Waals surface area contributed by atoms with Crippen molar-refractivity contribution in [3.05, 3.63) is 12.2 Å². The zero-order valence-corrected chi connectivity index (χ0v) is 9.08. The molecule has 15 heavy (non-hydrogen) atoms. The molecular weight excluding hydrogens is 190 g/mol. The molecule has 0 spiro atoms. The molecule has 1 fully saturated rings. The summed E-state index contributed by atoms with van der Waals surface area (Å²) in [6.45, 7) is 2.48. The third-order valence-electron chi connectivity index (χ3n) is 3.20. The molecule has 1 heterocycles. The Balaban J connectivity index is 1.65. The van der Waals surface area contributed by atoms with Crippen LogP contribution in [-0.4, -0.2) is 25.7 Å². The first-order valence-corrected chi connectivity index (χ1v) is 5.86. The second kappa shape index (κ2) is 5.31. The normalized spacial score (nSPS) is 26.8. The van der Waals surface area contributed by atoms with E-state index in [2.05, 4.69) is 17.5 Å². The zero-order valence-electron chi connectivity index (χ0n) is 9.08. The van der Waals surface area contributed by atoms with Crippen molar-refractivity contribution in [1.29, 1.82) is 0 Å². The van der Waals surface area contributed by atoms with Crippen molar-refractivity contribution in [3.8, 4) is 0 Å². The van der Waals surface area contributed by atoms with Gasteiger partial charge >= 0.3 is 0 Å². The lowest BCUT2D eigenvalue weighted by Gasteiger charge is -2.22. The van der Waals surface area contributed by atoms with Crippen LogP contribution in [0.4, 0.5) is 0 Å². The van der Waals surface area contributed by atoms with E-state index in [1.807, 2.05) is 0 Å². The van der Waals surface area contributed by atoms with Crippen LogP contribution in [0.2, 0.25) is 0 Å². The molecule has 2 rings (SSSR count). The smallest absolute Gasteiger partial charge is 0.223 e. The Hall–Kier alpha value is -0.830. The van der Waals surface area contributed by atoms with E-state index < -0.39 is 0 Å². The van der Waals surface area contributed by atoms with Crippen LogP contribution in [-0.2, 0) is 9.53 Å². The van der Waals surface area contributed by atoms with Gasteiger partial charge in [-0.1, -0.05) is 12.2 Å². The summed E-state index contributed by atoms with van der Waals surface area (Å²) in [7, 11) is 0. The molecule has 1 N–H and O–H groups in total. The second-order valence-electron chi connectivity index (χ2n) is 4.47. The van der Waals surface area contributed by atoms with Gasteiger partial charge in [0.2, 0.25) is 5.91 Å². The Labute approximate surface area is 90.9 Å². The Morgan fingerprint density at radius 2 is 2.20 bits per heavy atom. The van der Waals surface area contributed by atoms with Gasteiger partial charge in [0.05, 0.1) is 6.61 Å². The highest BCUT2D eigenvalue weighted by atomic mass is 16.5. The van der Waals surface area contributed by atoms with Gasteiger partial charge in [-0.15, -0.1) is 0 Å². The molecule has 0 bridgehead atoms. The van der Waals surface area contributed by atoms with E-state index in [0.29, 0.717) is 5.92 Å². The molecule has 0 radical (unpaired) electrons. The first-order valence-electron chi connectivity index (χ1n) is 5.86. The standard InChI is InChI=1S/C12H19NO2/c14-12(11-5-1-2-6-11)13-8-10-4-3-7-15-9-10/h1-2,10-11H,3-9H2,(H,13,14). The van der Waals surface area contributed by atoms with Gasteiger partial charge in [-0.25, -0.2) is 0 Å². The third kappa shape index (κ3) is 3.06. The molecule has 1 unspecified atom stereocenters. The van der Waals surface area contributed by atoms with Gasteiger partial charge in [0, 0.05) is 19.1 Å². The lowest BCUT2D eigenvalue weighted by Crippen LogP contribution is -2.36. The maximum absolute atomic E-state index is 11.7. The Bertz CT molecular complexity index is 236. The second-order valence-corrected chi connectivity index (χ2v) is 4.47. The molecule has 1 aliphatic heterocycles. The van der Waals surface area contributed by atoms with Crippen LogP contribution in [0.1, 0.15) is 25.7 Å². The van der Waals surface area contributed by atoms with Gasteiger partial charge < -0.3 is 10.1 Å². The highest BCUT2D eigenvalue weighted by Crippen LogP contribution is 2.18. The lowest BCUT2D eigenvalue weighted by molar-refractivity contribution is -0.125. The zero-order chi connectivity index (χ0) is 10.5. The number of rotatable bonds is 3. The molecule has 3 nitrogen and oxygen atoms in total.